The van der Waals surface area contributed by atoms with Crippen LogP contribution >= 0.6 is 0 Å². The Labute approximate surface area is 129 Å². The largest absolute Gasteiger partial charge is 0.346 e. The van der Waals surface area contributed by atoms with Gasteiger partial charge in [0.2, 0.25) is 0 Å². The van der Waals surface area contributed by atoms with Gasteiger partial charge in [-0.3, -0.25) is 9.69 Å². The molecule has 3 aliphatic heterocycles. The number of rotatable bonds is 2. The van der Waals surface area contributed by atoms with Crippen LogP contribution in [0.15, 0.2) is 30.7 Å². The lowest BCUT2D eigenvalue weighted by molar-refractivity contribution is -0.00153. The van der Waals surface area contributed by atoms with Crippen LogP contribution in [0.25, 0.3) is 5.52 Å². The lowest BCUT2D eigenvalue weighted by Crippen LogP contribution is -2.65. The highest BCUT2D eigenvalue weighted by Gasteiger charge is 2.60. The maximum Gasteiger partial charge on any atom is 0.271 e. The average molecular weight is 296 g/mol. The molecule has 2 aromatic rings. The van der Waals surface area contributed by atoms with Crippen molar-refractivity contribution in [2.45, 2.75) is 37.3 Å². The number of nitrogens with one attached hydrogen (secondary N) is 1. The van der Waals surface area contributed by atoms with Gasteiger partial charge in [-0.15, -0.1) is 0 Å². The lowest BCUT2D eigenvalue weighted by atomic mass is 9.77. The van der Waals surface area contributed by atoms with Crippen LogP contribution in [0.1, 0.15) is 36.2 Å². The summed E-state index contributed by atoms with van der Waals surface area (Å²) >= 11 is 0. The first kappa shape index (κ1) is 12.6. The second-order valence-corrected chi connectivity index (χ2v) is 6.99. The molecule has 5 nitrogen and oxygen atoms in total. The molecule has 3 saturated heterocycles. The molecule has 6 rings (SSSR count). The van der Waals surface area contributed by atoms with Gasteiger partial charge in [-0.05, 0) is 56.8 Å². The molecule has 5 heterocycles. The normalized spacial score (nSPS) is 31.5. The van der Waals surface area contributed by atoms with E-state index in [1.165, 1.54) is 38.8 Å². The number of nitrogens with zero attached hydrogens (tertiary/aromatic N) is 3. The Kier molecular flexibility index (Phi) is 2.48. The van der Waals surface area contributed by atoms with Gasteiger partial charge in [0.25, 0.3) is 5.91 Å². The molecule has 0 aromatic carbocycles. The van der Waals surface area contributed by atoms with Crippen LogP contribution in [-0.2, 0) is 0 Å². The summed E-state index contributed by atoms with van der Waals surface area (Å²) in [5, 5.41) is 3.32. The van der Waals surface area contributed by atoms with Gasteiger partial charge >= 0.3 is 0 Å². The zero-order chi connectivity index (χ0) is 14.7. The molecule has 0 unspecified atom stereocenters. The molecule has 1 atom stereocenters. The fourth-order valence-corrected chi connectivity index (χ4v) is 4.59. The summed E-state index contributed by atoms with van der Waals surface area (Å²) in [7, 11) is 0. The van der Waals surface area contributed by atoms with Crippen molar-refractivity contribution in [1.82, 2.24) is 19.6 Å². The first-order valence-electron chi connectivity index (χ1n) is 8.25. The number of carbonyl (C=O) groups excluding carboxylic acids is 1. The maximum absolute atomic E-state index is 12.7. The van der Waals surface area contributed by atoms with Gasteiger partial charge in [-0.2, -0.15) is 0 Å². The molecule has 2 aromatic heterocycles. The molecule has 22 heavy (non-hydrogen) atoms. The van der Waals surface area contributed by atoms with Gasteiger partial charge in [-0.1, -0.05) is 0 Å². The summed E-state index contributed by atoms with van der Waals surface area (Å²) in [4.78, 5) is 19.6. The van der Waals surface area contributed by atoms with Gasteiger partial charge in [0.05, 0.1) is 17.8 Å². The van der Waals surface area contributed by atoms with Crippen molar-refractivity contribution in [2.24, 2.45) is 5.92 Å². The van der Waals surface area contributed by atoms with E-state index in [2.05, 4.69) is 15.2 Å². The molecule has 1 aliphatic carbocycles. The quantitative estimate of drug-likeness (QED) is 0.917. The molecule has 5 heteroatoms. The molecule has 0 radical (unpaired) electrons. The van der Waals surface area contributed by atoms with Crippen molar-refractivity contribution in [3.05, 3.63) is 36.4 Å². The average Bonchev–Trinajstić information content (AvgIpc) is 3.18. The summed E-state index contributed by atoms with van der Waals surface area (Å²) in [6.07, 6.45) is 10.4. The zero-order valence-electron chi connectivity index (χ0n) is 12.5. The topological polar surface area (TPSA) is 49.6 Å². The number of carbonyl (C=O) groups is 1. The Hall–Kier alpha value is -1.88. The molecule has 1 spiro atoms. The molecule has 1 saturated carbocycles. The summed E-state index contributed by atoms with van der Waals surface area (Å²) < 4.78 is 1.95. The highest BCUT2D eigenvalue weighted by molar-refractivity contribution is 5.92. The Balaban J connectivity index is 1.42. The van der Waals surface area contributed by atoms with Crippen LogP contribution in [0, 0.1) is 5.92 Å². The Morgan fingerprint density at radius 1 is 1.32 bits per heavy atom. The van der Waals surface area contributed by atoms with Crippen LogP contribution in [0.2, 0.25) is 0 Å². The van der Waals surface area contributed by atoms with Crippen molar-refractivity contribution >= 4 is 11.4 Å². The number of fused-ring (bicyclic) bond motifs is 3. The van der Waals surface area contributed by atoms with Gasteiger partial charge < -0.3 is 9.72 Å². The predicted octanol–water partition coefficient (Wildman–Crippen LogP) is 1.69. The number of hydrogen-bond acceptors (Lipinski definition) is 3. The molecule has 114 valence electrons. The fraction of sp³-hybridized carbons (Fsp3) is 0.529. The van der Waals surface area contributed by atoms with Crippen LogP contribution in [-0.4, -0.2) is 44.9 Å². The first-order valence-corrected chi connectivity index (χ1v) is 8.25. The minimum Gasteiger partial charge on any atom is -0.346 e. The number of hydrogen-bond donors (Lipinski definition) is 1. The number of amides is 1. The van der Waals surface area contributed by atoms with Crippen LogP contribution in [0.3, 0.4) is 0 Å². The Bertz CT molecular complexity index is 740. The smallest absolute Gasteiger partial charge is 0.271 e. The zero-order valence-corrected chi connectivity index (χ0v) is 12.5. The summed E-state index contributed by atoms with van der Waals surface area (Å²) in [5.74, 6) is 0.618. The maximum atomic E-state index is 12.7. The van der Waals surface area contributed by atoms with E-state index in [1.54, 1.807) is 6.20 Å². The fourth-order valence-electron chi connectivity index (χ4n) is 4.59. The van der Waals surface area contributed by atoms with Crippen LogP contribution in [0.4, 0.5) is 0 Å². The molecular formula is C17H20N4O. The number of piperidine rings is 3. The van der Waals surface area contributed by atoms with E-state index >= 15 is 0 Å². The predicted molar refractivity (Wildman–Crippen MR) is 82.7 cm³/mol. The Morgan fingerprint density at radius 3 is 2.91 bits per heavy atom. The highest BCUT2D eigenvalue weighted by Crippen LogP contribution is 2.53. The van der Waals surface area contributed by atoms with Gasteiger partial charge in [-0.25, -0.2) is 4.98 Å². The Morgan fingerprint density at radius 2 is 2.14 bits per heavy atom. The molecule has 4 aliphatic rings. The SMILES string of the molecule is O=C(N[C@H]1C2CCN(CC2)C12CC2)c1cn2cccc2cn1. The van der Waals surface area contributed by atoms with E-state index in [0.29, 0.717) is 17.7 Å². The van der Waals surface area contributed by atoms with E-state index in [-0.39, 0.29) is 11.4 Å². The van der Waals surface area contributed by atoms with E-state index in [1.807, 2.05) is 28.9 Å². The second-order valence-electron chi connectivity index (χ2n) is 6.99. The van der Waals surface area contributed by atoms with Crippen molar-refractivity contribution in [1.29, 1.82) is 0 Å². The van der Waals surface area contributed by atoms with E-state index < -0.39 is 0 Å². The standard InChI is InChI=1S/C17H20N4O/c22-16(14-11-20-7-1-2-13(20)10-18-14)19-15-12-3-8-21(9-4-12)17(15)5-6-17/h1-2,7,10-12,15H,3-6,8-9H2,(H,19,22)/t15-/m0/s1. The van der Waals surface area contributed by atoms with Crippen molar-refractivity contribution < 1.29 is 4.79 Å². The molecule has 2 bridgehead atoms. The molecule has 4 fully saturated rings. The second kappa shape index (κ2) is 4.32. The monoisotopic (exact) mass is 296 g/mol. The van der Waals surface area contributed by atoms with Crippen LogP contribution in [0.5, 0.6) is 0 Å². The van der Waals surface area contributed by atoms with Gasteiger partial charge in [0, 0.05) is 17.9 Å². The third kappa shape index (κ3) is 1.69. The highest BCUT2D eigenvalue weighted by atomic mass is 16.2. The summed E-state index contributed by atoms with van der Waals surface area (Å²) in [6.45, 7) is 2.43. The van der Waals surface area contributed by atoms with Crippen molar-refractivity contribution in [3.8, 4) is 0 Å². The molecule has 1 amide bonds. The minimum absolute atomic E-state index is 0.0272. The van der Waals surface area contributed by atoms with Gasteiger partial charge in [0.15, 0.2) is 0 Å². The van der Waals surface area contributed by atoms with Crippen LogP contribution < -0.4 is 5.32 Å². The number of aromatic nitrogens is 2. The van der Waals surface area contributed by atoms with Gasteiger partial charge in [0.1, 0.15) is 5.69 Å². The summed E-state index contributed by atoms with van der Waals surface area (Å²) in [6, 6.07) is 4.26. The molecular weight excluding hydrogens is 276 g/mol. The first-order chi connectivity index (χ1) is 10.8. The summed E-state index contributed by atoms with van der Waals surface area (Å²) in [5.41, 5.74) is 1.79. The third-order valence-corrected chi connectivity index (χ3v) is 5.91. The van der Waals surface area contributed by atoms with Crippen molar-refractivity contribution in [3.63, 3.8) is 0 Å². The van der Waals surface area contributed by atoms with E-state index in [9.17, 15) is 4.79 Å². The minimum atomic E-state index is -0.0272. The lowest BCUT2D eigenvalue weighted by Gasteiger charge is -2.52. The molecule has 1 N–H and O–H groups in total. The van der Waals surface area contributed by atoms with E-state index in [0.717, 1.165) is 5.52 Å². The van der Waals surface area contributed by atoms with Crippen molar-refractivity contribution in [2.75, 3.05) is 13.1 Å². The van der Waals surface area contributed by atoms with E-state index in [4.69, 9.17) is 0 Å². The third-order valence-electron chi connectivity index (χ3n) is 5.91.